The van der Waals surface area contributed by atoms with E-state index in [1.807, 2.05) is 6.07 Å². The Hall–Kier alpha value is 0.192. The van der Waals surface area contributed by atoms with E-state index in [0.717, 1.165) is 5.30 Å². The third kappa shape index (κ3) is 5.08. The summed E-state index contributed by atoms with van der Waals surface area (Å²) in [6.45, 7) is 12.4. The van der Waals surface area contributed by atoms with Crippen LogP contribution in [0.5, 0.6) is 5.75 Å². The van der Waals surface area contributed by atoms with Crippen molar-refractivity contribution >= 4 is 24.2 Å². The summed E-state index contributed by atoms with van der Waals surface area (Å²) >= 11 is 6.27. The zero-order chi connectivity index (χ0) is 17.4. The van der Waals surface area contributed by atoms with Crippen molar-refractivity contribution < 1.29 is 38.3 Å². The van der Waals surface area contributed by atoms with Crippen LogP contribution < -0.4 is 10.0 Å². The first-order valence-corrected chi connectivity index (χ1v) is 9.24. The van der Waals surface area contributed by atoms with Crippen LogP contribution in [0, 0.1) is 5.62 Å². The van der Waals surface area contributed by atoms with Crippen molar-refractivity contribution in [3.8, 4) is 5.75 Å². The number of ether oxygens (including phenoxy) is 1. The Balaban J connectivity index is 0.00000484. The summed E-state index contributed by atoms with van der Waals surface area (Å²) < 4.78 is 41.5. The molecule has 0 saturated carbocycles. The van der Waals surface area contributed by atoms with Crippen molar-refractivity contribution in [2.75, 3.05) is 0 Å². The Labute approximate surface area is 156 Å². The second kappa shape index (κ2) is 7.61. The molecule has 0 radical (unpaired) electrons. The number of halogens is 4. The molecule has 0 aromatic heterocycles. The third-order valence-electron chi connectivity index (χ3n) is 3.72. The van der Waals surface area contributed by atoms with E-state index in [0.29, 0.717) is 0 Å². The van der Waals surface area contributed by atoms with E-state index in [2.05, 4.69) is 46.3 Å². The fraction of sp³-hybridized carbons (Fsp3) is 0.562. The maximum absolute atomic E-state index is 12.5. The molecular weight excluding hydrogens is 438 g/mol. The van der Waals surface area contributed by atoms with Gasteiger partial charge in [-0.1, -0.05) is 18.9 Å². The van der Waals surface area contributed by atoms with Gasteiger partial charge in [-0.3, -0.25) is 0 Å². The molecule has 0 spiro atoms. The second-order valence-corrected chi connectivity index (χ2v) is 12.6. The first kappa shape index (κ1) is 23.2. The summed E-state index contributed by atoms with van der Waals surface area (Å²) in [5.74, 6) is -0.207. The van der Waals surface area contributed by atoms with Crippen molar-refractivity contribution in [2.24, 2.45) is 0 Å². The zero-order valence-electron chi connectivity index (χ0n) is 14.1. The second-order valence-electron chi connectivity index (χ2n) is 7.21. The van der Waals surface area contributed by atoms with Crippen molar-refractivity contribution in [1.82, 2.24) is 0 Å². The minimum Gasteiger partial charge on any atom is -0.406 e. The standard InChI is InChI=1S/C16H23ClF3OP.Pd/c1-14(2,3)22(11-17,15(4,5)6)13-9-7-8-12(10-13)21-16(18,19)20;/h7-11H,1-6H3;. The maximum Gasteiger partial charge on any atom is 0.573 e. The summed E-state index contributed by atoms with van der Waals surface area (Å²) in [6.07, 6.45) is -4.70. The monoisotopic (exact) mass is 460 g/mol. The van der Waals surface area contributed by atoms with Crippen LogP contribution in [-0.4, -0.2) is 16.7 Å². The molecule has 0 saturated heterocycles. The molecule has 0 fully saturated rings. The van der Waals surface area contributed by atoms with E-state index in [1.54, 1.807) is 11.7 Å². The van der Waals surface area contributed by atoms with E-state index in [4.69, 9.17) is 11.6 Å². The van der Waals surface area contributed by atoms with Gasteiger partial charge in [0.25, 0.3) is 0 Å². The predicted octanol–water partition coefficient (Wildman–Crippen LogP) is 6.18. The summed E-state index contributed by atoms with van der Waals surface area (Å²) in [5.41, 5.74) is 1.68. The number of benzene rings is 1. The van der Waals surface area contributed by atoms with Gasteiger partial charge in [0.2, 0.25) is 0 Å². The molecule has 0 atom stereocenters. The third-order valence-corrected chi connectivity index (χ3v) is 10.2. The Morgan fingerprint density at radius 3 is 1.83 bits per heavy atom. The molecule has 1 aromatic rings. The average Bonchev–Trinajstić information content (AvgIpc) is 2.24. The molecule has 0 unspecified atom stereocenters. The molecule has 136 valence electrons. The Morgan fingerprint density at radius 1 is 1.00 bits per heavy atom. The van der Waals surface area contributed by atoms with Crippen LogP contribution in [-0.2, 0) is 20.4 Å². The van der Waals surface area contributed by atoms with E-state index in [1.165, 1.54) is 12.1 Å². The van der Waals surface area contributed by atoms with Crippen molar-refractivity contribution in [3.05, 3.63) is 29.9 Å². The van der Waals surface area contributed by atoms with Crippen LogP contribution in [0.15, 0.2) is 24.3 Å². The van der Waals surface area contributed by atoms with Gasteiger partial charge in [-0.05, 0) is 53.7 Å². The summed E-state index contributed by atoms with van der Waals surface area (Å²) in [4.78, 5) is 0. The Bertz CT molecular complexity index is 507. The van der Waals surface area contributed by atoms with Crippen molar-refractivity contribution in [2.45, 2.75) is 58.2 Å². The summed E-state index contributed by atoms with van der Waals surface area (Å²) in [7, 11) is -2.10. The number of hydrogen-bond acceptors (Lipinski definition) is 1. The number of alkyl halides is 3. The van der Waals surface area contributed by atoms with Gasteiger partial charge >= 0.3 is 6.36 Å². The predicted molar refractivity (Wildman–Crippen MR) is 89.3 cm³/mol. The van der Waals surface area contributed by atoms with Gasteiger partial charge in [-0.25, -0.2) is 0 Å². The molecule has 0 amide bonds. The first-order chi connectivity index (χ1) is 9.74. The van der Waals surface area contributed by atoms with Crippen LogP contribution in [0.2, 0.25) is 0 Å². The van der Waals surface area contributed by atoms with Crippen LogP contribution >= 0.6 is 18.9 Å². The molecule has 7 heteroatoms. The van der Waals surface area contributed by atoms with Crippen LogP contribution in [0.3, 0.4) is 0 Å². The molecule has 0 aliphatic carbocycles. The Kier molecular flexibility index (Phi) is 7.67. The molecule has 0 bridgehead atoms. The smallest absolute Gasteiger partial charge is 0.406 e. The summed E-state index contributed by atoms with van der Waals surface area (Å²) in [5, 5.41) is 0.428. The Morgan fingerprint density at radius 2 is 1.48 bits per heavy atom. The van der Waals surface area contributed by atoms with Gasteiger partial charge in [-0.2, -0.15) is 0 Å². The first-order valence-electron chi connectivity index (χ1n) is 6.94. The number of rotatable bonds is 3. The minimum absolute atomic E-state index is 0. The average molecular weight is 461 g/mol. The zero-order valence-corrected chi connectivity index (χ0v) is 17.3. The molecular formula is C16H23ClF3OPPd. The normalized spacial score (nSPS) is 13.5. The quantitative estimate of drug-likeness (QED) is 0.297. The van der Waals surface area contributed by atoms with Gasteiger partial charge in [0.15, 0.2) is 0 Å². The van der Waals surface area contributed by atoms with E-state index >= 15 is 0 Å². The largest absolute Gasteiger partial charge is 0.573 e. The van der Waals surface area contributed by atoms with Gasteiger partial charge in [0.05, 0.1) is 15.6 Å². The van der Waals surface area contributed by atoms with Crippen molar-refractivity contribution in [1.29, 1.82) is 0 Å². The molecule has 0 aliphatic rings. The molecule has 1 nitrogen and oxygen atoms in total. The van der Waals surface area contributed by atoms with Crippen LogP contribution in [0.4, 0.5) is 13.2 Å². The fourth-order valence-corrected chi connectivity index (χ4v) is 10.0. The molecule has 23 heavy (non-hydrogen) atoms. The van der Waals surface area contributed by atoms with E-state index in [-0.39, 0.29) is 36.5 Å². The van der Waals surface area contributed by atoms with Crippen LogP contribution in [0.1, 0.15) is 41.5 Å². The topological polar surface area (TPSA) is 9.23 Å². The maximum atomic E-state index is 12.5. The van der Waals surface area contributed by atoms with Crippen LogP contribution in [0.25, 0.3) is 0 Å². The fourth-order valence-electron chi connectivity index (χ4n) is 3.03. The van der Waals surface area contributed by atoms with E-state index in [9.17, 15) is 13.2 Å². The molecule has 0 aliphatic heterocycles. The summed E-state index contributed by atoms with van der Waals surface area (Å²) in [6, 6.07) is 6.21. The van der Waals surface area contributed by atoms with Gasteiger partial charge in [0, 0.05) is 26.5 Å². The minimum atomic E-state index is -4.70. The molecule has 1 aromatic carbocycles. The van der Waals surface area contributed by atoms with Gasteiger partial charge in [0.1, 0.15) is 5.75 Å². The molecule has 1 rings (SSSR count). The SMILES string of the molecule is CC(C)(C)[P+]([CH-]Cl)(c1cccc(OC(F)(F)F)c1)C(C)(C)C.[Pd]. The molecule has 0 N–H and O–H groups in total. The molecule has 0 heterocycles. The van der Waals surface area contributed by atoms with Gasteiger partial charge in [-0.15, -0.1) is 13.2 Å². The van der Waals surface area contributed by atoms with Crippen molar-refractivity contribution in [3.63, 3.8) is 0 Å². The van der Waals surface area contributed by atoms with Gasteiger partial charge < -0.3 is 16.3 Å². The van der Waals surface area contributed by atoms with E-state index < -0.39 is 13.6 Å². The number of hydrogen-bond donors (Lipinski definition) is 0.